The van der Waals surface area contributed by atoms with Crippen LogP contribution in [0.15, 0.2) is 35.3 Å². The molecule has 0 fully saturated rings. The smallest absolute Gasteiger partial charge is 0.179 e. The number of aliphatic imine (C=N–C) groups is 1. The molecule has 0 bridgehead atoms. The summed E-state index contributed by atoms with van der Waals surface area (Å²) in [5.41, 5.74) is 2.64. The van der Waals surface area contributed by atoms with Gasteiger partial charge in [-0.2, -0.15) is 0 Å². The van der Waals surface area contributed by atoms with Crippen LogP contribution in [0.2, 0.25) is 10.0 Å². The molecule has 0 aliphatic heterocycles. The van der Waals surface area contributed by atoms with Gasteiger partial charge in [0.1, 0.15) is 0 Å². The lowest BCUT2D eigenvalue weighted by atomic mass is 10.2. The molecule has 2 rings (SSSR count). The molecule has 5 heteroatoms. The summed E-state index contributed by atoms with van der Waals surface area (Å²) < 4.78 is 11.3. The molecule has 0 amide bonds. The molecule has 0 unspecified atom stereocenters. The third-order valence-electron chi connectivity index (χ3n) is 3.30. The van der Waals surface area contributed by atoms with Crippen molar-refractivity contribution in [2.45, 2.75) is 27.2 Å². The van der Waals surface area contributed by atoms with Crippen LogP contribution in [0.3, 0.4) is 0 Å². The Balaban J connectivity index is 2.29. The third kappa shape index (κ3) is 4.89. The van der Waals surface area contributed by atoms with Gasteiger partial charge in [0.05, 0.1) is 23.9 Å². The molecule has 0 radical (unpaired) electrons. The van der Waals surface area contributed by atoms with E-state index in [4.69, 9.17) is 32.7 Å². The average molecular weight is 366 g/mol. The molecule has 0 saturated carbocycles. The Hall–Kier alpha value is -1.71. The van der Waals surface area contributed by atoms with E-state index in [1.165, 1.54) is 0 Å². The highest BCUT2D eigenvalue weighted by Gasteiger charge is 2.12. The van der Waals surface area contributed by atoms with Gasteiger partial charge in [-0.15, -0.1) is 0 Å². The molecule has 128 valence electrons. The zero-order chi connectivity index (χ0) is 17.5. The van der Waals surface area contributed by atoms with Crippen molar-refractivity contribution < 1.29 is 9.47 Å². The molecule has 0 saturated heterocycles. The number of halogens is 2. The number of ether oxygens (including phenoxy) is 2. The van der Waals surface area contributed by atoms with Gasteiger partial charge in [-0.05, 0) is 55.7 Å². The minimum atomic E-state index is 0.512. The summed E-state index contributed by atoms with van der Waals surface area (Å²) in [4.78, 5) is 4.45. The topological polar surface area (TPSA) is 30.8 Å². The zero-order valence-corrected chi connectivity index (χ0v) is 15.6. The first kappa shape index (κ1) is 18.6. The van der Waals surface area contributed by atoms with E-state index in [9.17, 15) is 0 Å². The van der Waals surface area contributed by atoms with Crippen LogP contribution in [0.25, 0.3) is 0 Å². The third-order valence-corrected chi connectivity index (χ3v) is 3.99. The summed E-state index contributed by atoms with van der Waals surface area (Å²) in [6, 6.07) is 9.38. The second kappa shape index (κ2) is 8.95. The Morgan fingerprint density at radius 3 is 2.50 bits per heavy atom. The van der Waals surface area contributed by atoms with Crippen LogP contribution in [0.1, 0.15) is 31.4 Å². The molecule has 0 spiro atoms. The number of benzene rings is 2. The van der Waals surface area contributed by atoms with Crippen molar-refractivity contribution in [3.05, 3.63) is 51.5 Å². The number of hydrogen-bond donors (Lipinski definition) is 0. The van der Waals surface area contributed by atoms with Crippen molar-refractivity contribution in [1.82, 2.24) is 0 Å². The van der Waals surface area contributed by atoms with Crippen molar-refractivity contribution in [3.63, 3.8) is 0 Å². The van der Waals surface area contributed by atoms with E-state index in [2.05, 4.69) is 4.99 Å². The van der Waals surface area contributed by atoms with Crippen molar-refractivity contribution in [3.8, 4) is 11.5 Å². The van der Waals surface area contributed by atoms with Gasteiger partial charge in [0.15, 0.2) is 11.5 Å². The molecule has 0 atom stereocenters. The van der Waals surface area contributed by atoms with Gasteiger partial charge in [0.2, 0.25) is 0 Å². The molecular weight excluding hydrogens is 345 g/mol. The maximum absolute atomic E-state index is 6.35. The Bertz CT molecular complexity index is 730. The number of hydrogen-bond acceptors (Lipinski definition) is 3. The molecular formula is C19H21Cl2NO2. The van der Waals surface area contributed by atoms with Gasteiger partial charge < -0.3 is 9.47 Å². The van der Waals surface area contributed by atoms with E-state index in [0.29, 0.717) is 34.8 Å². The SMILES string of the molecule is CCCOc1c(Cl)cc(C=Nc2ccc(C)c(Cl)c2)cc1OCC. The molecule has 0 aromatic heterocycles. The maximum atomic E-state index is 6.35. The highest BCUT2D eigenvalue weighted by Crippen LogP contribution is 2.36. The van der Waals surface area contributed by atoms with E-state index >= 15 is 0 Å². The predicted octanol–water partition coefficient (Wildman–Crippen LogP) is 6.24. The fraction of sp³-hybridized carbons (Fsp3) is 0.316. The summed E-state index contributed by atoms with van der Waals surface area (Å²) in [7, 11) is 0. The molecule has 0 heterocycles. The van der Waals surface area contributed by atoms with Crippen LogP contribution in [-0.2, 0) is 0 Å². The van der Waals surface area contributed by atoms with E-state index in [-0.39, 0.29) is 0 Å². The predicted molar refractivity (Wildman–Crippen MR) is 102 cm³/mol. The van der Waals surface area contributed by atoms with Crippen LogP contribution in [-0.4, -0.2) is 19.4 Å². The lowest BCUT2D eigenvalue weighted by Gasteiger charge is -2.13. The van der Waals surface area contributed by atoms with Gasteiger partial charge in [-0.25, -0.2) is 0 Å². The standard InChI is InChI=1S/C19H21Cl2NO2/c1-4-8-24-19-17(21)9-14(10-18(19)23-5-2)12-22-15-7-6-13(3)16(20)11-15/h6-7,9-12H,4-5,8H2,1-3H3. The summed E-state index contributed by atoms with van der Waals surface area (Å²) in [6.45, 7) is 7.05. The molecule has 0 aliphatic carbocycles. The van der Waals surface area contributed by atoms with Crippen LogP contribution in [0, 0.1) is 6.92 Å². The second-order valence-electron chi connectivity index (χ2n) is 5.30. The Morgan fingerprint density at radius 1 is 1.04 bits per heavy atom. The summed E-state index contributed by atoms with van der Waals surface area (Å²) in [5.74, 6) is 1.21. The largest absolute Gasteiger partial charge is 0.490 e. The number of aryl methyl sites for hydroxylation is 1. The van der Waals surface area contributed by atoms with Crippen molar-refractivity contribution >= 4 is 35.1 Å². The van der Waals surface area contributed by atoms with Crippen molar-refractivity contribution in [2.24, 2.45) is 4.99 Å². The van der Waals surface area contributed by atoms with Crippen molar-refractivity contribution in [2.75, 3.05) is 13.2 Å². The lowest BCUT2D eigenvalue weighted by molar-refractivity contribution is 0.277. The van der Waals surface area contributed by atoms with E-state index in [1.54, 1.807) is 6.21 Å². The Labute approximate surface area is 153 Å². The van der Waals surface area contributed by atoms with Crippen LogP contribution in [0.4, 0.5) is 5.69 Å². The molecule has 3 nitrogen and oxygen atoms in total. The van der Waals surface area contributed by atoms with Gasteiger partial charge in [0.25, 0.3) is 0 Å². The normalized spacial score (nSPS) is 11.0. The monoisotopic (exact) mass is 365 g/mol. The van der Waals surface area contributed by atoms with E-state index < -0.39 is 0 Å². The molecule has 0 aliphatic rings. The minimum absolute atomic E-state index is 0.512. The minimum Gasteiger partial charge on any atom is -0.490 e. The number of nitrogens with zero attached hydrogens (tertiary/aromatic N) is 1. The number of rotatable bonds is 7. The van der Waals surface area contributed by atoms with Gasteiger partial charge in [0, 0.05) is 11.2 Å². The lowest BCUT2D eigenvalue weighted by Crippen LogP contribution is -2.01. The van der Waals surface area contributed by atoms with Crippen LogP contribution in [0.5, 0.6) is 11.5 Å². The fourth-order valence-corrected chi connectivity index (χ4v) is 2.53. The first-order valence-electron chi connectivity index (χ1n) is 7.94. The van der Waals surface area contributed by atoms with Crippen molar-refractivity contribution in [1.29, 1.82) is 0 Å². The highest BCUT2D eigenvalue weighted by atomic mass is 35.5. The van der Waals surface area contributed by atoms with Gasteiger partial charge >= 0.3 is 0 Å². The summed E-state index contributed by atoms with van der Waals surface area (Å²) >= 11 is 12.5. The first-order chi connectivity index (χ1) is 11.5. The van der Waals surface area contributed by atoms with E-state index in [1.807, 2.05) is 51.1 Å². The van der Waals surface area contributed by atoms with Gasteiger partial charge in [-0.1, -0.05) is 36.2 Å². The Morgan fingerprint density at radius 2 is 1.83 bits per heavy atom. The molecule has 2 aromatic carbocycles. The van der Waals surface area contributed by atoms with Gasteiger partial charge in [-0.3, -0.25) is 4.99 Å². The van der Waals surface area contributed by atoms with Crippen LogP contribution >= 0.6 is 23.2 Å². The highest BCUT2D eigenvalue weighted by molar-refractivity contribution is 6.32. The second-order valence-corrected chi connectivity index (χ2v) is 6.12. The molecule has 2 aromatic rings. The summed E-state index contributed by atoms with van der Waals surface area (Å²) in [5, 5.41) is 1.21. The average Bonchev–Trinajstić information content (AvgIpc) is 2.55. The molecule has 0 N–H and O–H groups in total. The zero-order valence-electron chi connectivity index (χ0n) is 14.1. The maximum Gasteiger partial charge on any atom is 0.179 e. The summed E-state index contributed by atoms with van der Waals surface area (Å²) in [6.07, 6.45) is 2.64. The Kier molecular flexibility index (Phi) is 6.95. The van der Waals surface area contributed by atoms with Crippen LogP contribution < -0.4 is 9.47 Å². The fourth-order valence-electron chi connectivity index (χ4n) is 2.08. The molecule has 24 heavy (non-hydrogen) atoms. The first-order valence-corrected chi connectivity index (χ1v) is 8.70. The quantitative estimate of drug-likeness (QED) is 0.543. The van der Waals surface area contributed by atoms with E-state index in [0.717, 1.165) is 23.2 Å².